The van der Waals surface area contributed by atoms with Gasteiger partial charge in [0, 0.05) is 12.4 Å². The predicted molar refractivity (Wildman–Crippen MR) is 63.9 cm³/mol. The smallest absolute Gasteiger partial charge is 0.352 e. The van der Waals surface area contributed by atoms with E-state index < -0.39 is 5.97 Å². The number of carboxylic acids is 1. The minimum atomic E-state index is -1.02. The summed E-state index contributed by atoms with van der Waals surface area (Å²) < 4.78 is 15.2. The fraction of sp³-hybridized carbons (Fsp3) is 0.308. The number of carboxylic acid groups (broad SMARTS) is 1. The Morgan fingerprint density at radius 2 is 2.06 bits per heavy atom. The molecule has 0 unspecified atom stereocenters. The maximum absolute atomic E-state index is 13.8. The highest BCUT2D eigenvalue weighted by Crippen LogP contribution is 2.32. The molecule has 3 nitrogen and oxygen atoms in total. The fourth-order valence-corrected chi connectivity index (χ4v) is 2.34. The van der Waals surface area contributed by atoms with Gasteiger partial charge in [-0.25, -0.2) is 9.18 Å². The van der Waals surface area contributed by atoms with Gasteiger partial charge in [0.05, 0.1) is 5.52 Å². The monoisotopic (exact) mass is 235 g/mol. The highest BCUT2D eigenvalue weighted by molar-refractivity contribution is 5.98. The van der Waals surface area contributed by atoms with Gasteiger partial charge >= 0.3 is 5.97 Å². The first kappa shape index (κ1) is 11.6. The van der Waals surface area contributed by atoms with E-state index in [-0.39, 0.29) is 17.4 Å². The SMILES string of the molecule is CC(C)c1c(C(=O)O)n(C)c2c(F)cccc12. The van der Waals surface area contributed by atoms with Crippen molar-refractivity contribution < 1.29 is 14.3 Å². The number of halogens is 1. The zero-order valence-electron chi connectivity index (χ0n) is 9.99. The fourth-order valence-electron chi connectivity index (χ4n) is 2.34. The van der Waals surface area contributed by atoms with E-state index in [1.165, 1.54) is 10.6 Å². The van der Waals surface area contributed by atoms with E-state index in [2.05, 4.69) is 0 Å². The third-order valence-electron chi connectivity index (χ3n) is 2.98. The minimum absolute atomic E-state index is 0.0339. The normalized spacial score (nSPS) is 11.4. The first-order valence-electron chi connectivity index (χ1n) is 5.45. The molecule has 2 aromatic rings. The predicted octanol–water partition coefficient (Wildman–Crippen LogP) is 3.14. The van der Waals surface area contributed by atoms with Crippen LogP contribution in [0.4, 0.5) is 4.39 Å². The van der Waals surface area contributed by atoms with Gasteiger partial charge in [-0.3, -0.25) is 0 Å². The van der Waals surface area contributed by atoms with Gasteiger partial charge < -0.3 is 9.67 Å². The minimum Gasteiger partial charge on any atom is -0.477 e. The Morgan fingerprint density at radius 1 is 1.41 bits per heavy atom. The van der Waals surface area contributed by atoms with Crippen LogP contribution in [0.25, 0.3) is 10.9 Å². The van der Waals surface area contributed by atoms with Gasteiger partial charge in [-0.1, -0.05) is 26.0 Å². The van der Waals surface area contributed by atoms with Gasteiger partial charge in [-0.05, 0) is 17.5 Å². The summed E-state index contributed by atoms with van der Waals surface area (Å²) in [5, 5.41) is 9.92. The summed E-state index contributed by atoms with van der Waals surface area (Å²) in [6, 6.07) is 4.72. The van der Waals surface area contributed by atoms with Crippen molar-refractivity contribution in [3.63, 3.8) is 0 Å². The zero-order valence-corrected chi connectivity index (χ0v) is 9.99. The molecule has 0 aliphatic rings. The average Bonchev–Trinajstić information content (AvgIpc) is 2.53. The molecule has 0 aliphatic carbocycles. The number of hydrogen-bond acceptors (Lipinski definition) is 1. The molecular weight excluding hydrogens is 221 g/mol. The molecule has 2 rings (SSSR count). The summed E-state index contributed by atoms with van der Waals surface area (Å²) >= 11 is 0. The molecule has 17 heavy (non-hydrogen) atoms. The Morgan fingerprint density at radius 3 is 2.59 bits per heavy atom. The number of aromatic nitrogens is 1. The highest BCUT2D eigenvalue weighted by atomic mass is 19.1. The molecule has 0 atom stereocenters. The zero-order chi connectivity index (χ0) is 12.7. The van der Waals surface area contributed by atoms with E-state index in [4.69, 9.17) is 0 Å². The number of rotatable bonds is 2. The number of nitrogens with zero attached hydrogens (tertiary/aromatic N) is 1. The lowest BCUT2D eigenvalue weighted by Crippen LogP contribution is -2.08. The number of fused-ring (bicyclic) bond motifs is 1. The Hall–Kier alpha value is -1.84. The second kappa shape index (κ2) is 3.87. The standard InChI is InChI=1S/C13H14FNO2/c1-7(2)10-8-5-4-6-9(14)11(8)15(3)12(10)13(16)17/h4-7H,1-3H3,(H,16,17). The molecule has 4 heteroatoms. The second-order valence-electron chi connectivity index (χ2n) is 4.42. The molecule has 0 bridgehead atoms. The molecule has 0 fully saturated rings. The van der Waals surface area contributed by atoms with Crippen LogP contribution in [0.1, 0.15) is 35.8 Å². The van der Waals surface area contributed by atoms with Crippen molar-refractivity contribution in [1.82, 2.24) is 4.57 Å². The lowest BCUT2D eigenvalue weighted by molar-refractivity contribution is 0.0685. The first-order valence-corrected chi connectivity index (χ1v) is 5.45. The Kier molecular flexibility index (Phi) is 2.65. The summed E-state index contributed by atoms with van der Waals surface area (Å²) in [7, 11) is 1.58. The van der Waals surface area contributed by atoms with Crippen molar-refractivity contribution in [3.05, 3.63) is 35.3 Å². The molecule has 1 aromatic carbocycles. The molecule has 0 spiro atoms. The molecule has 1 aromatic heterocycles. The summed E-state index contributed by atoms with van der Waals surface area (Å²) in [6.07, 6.45) is 0. The molecule has 1 N–H and O–H groups in total. The molecular formula is C13H14FNO2. The van der Waals surface area contributed by atoms with E-state index in [0.29, 0.717) is 16.5 Å². The van der Waals surface area contributed by atoms with Crippen LogP contribution >= 0.6 is 0 Å². The van der Waals surface area contributed by atoms with Crippen molar-refractivity contribution in [2.75, 3.05) is 0 Å². The first-order chi connectivity index (χ1) is 7.95. The van der Waals surface area contributed by atoms with Crippen molar-refractivity contribution in [1.29, 1.82) is 0 Å². The van der Waals surface area contributed by atoms with Crippen LogP contribution in [-0.2, 0) is 7.05 Å². The van der Waals surface area contributed by atoms with Crippen molar-refractivity contribution >= 4 is 16.9 Å². The molecule has 0 saturated carbocycles. The van der Waals surface area contributed by atoms with E-state index in [9.17, 15) is 14.3 Å². The second-order valence-corrected chi connectivity index (χ2v) is 4.42. The molecule has 90 valence electrons. The van der Waals surface area contributed by atoms with E-state index in [0.717, 1.165) is 0 Å². The van der Waals surface area contributed by atoms with E-state index >= 15 is 0 Å². The van der Waals surface area contributed by atoms with Gasteiger partial charge in [0.25, 0.3) is 0 Å². The van der Waals surface area contributed by atoms with Crippen LogP contribution in [0, 0.1) is 5.82 Å². The van der Waals surface area contributed by atoms with Crippen LogP contribution in [0.3, 0.4) is 0 Å². The van der Waals surface area contributed by atoms with Gasteiger partial charge in [0.15, 0.2) is 0 Å². The van der Waals surface area contributed by atoms with Crippen molar-refractivity contribution in [2.45, 2.75) is 19.8 Å². The maximum Gasteiger partial charge on any atom is 0.352 e. The number of carbonyl (C=O) groups is 1. The lowest BCUT2D eigenvalue weighted by Gasteiger charge is -2.05. The van der Waals surface area contributed by atoms with Crippen LogP contribution in [0.5, 0.6) is 0 Å². The largest absolute Gasteiger partial charge is 0.477 e. The summed E-state index contributed by atoms with van der Waals surface area (Å²) in [6.45, 7) is 3.82. The molecule has 0 aliphatic heterocycles. The van der Waals surface area contributed by atoms with Crippen molar-refractivity contribution in [2.24, 2.45) is 7.05 Å². The average molecular weight is 235 g/mol. The van der Waals surface area contributed by atoms with Gasteiger partial charge in [0.1, 0.15) is 11.5 Å². The number of para-hydroxylation sites is 1. The molecule has 0 amide bonds. The summed E-state index contributed by atoms with van der Waals surface area (Å²) in [5.74, 6) is -1.38. The van der Waals surface area contributed by atoms with Crippen LogP contribution in [-0.4, -0.2) is 15.6 Å². The van der Waals surface area contributed by atoms with Gasteiger partial charge in [-0.15, -0.1) is 0 Å². The Bertz CT molecular complexity index is 599. The van der Waals surface area contributed by atoms with Gasteiger partial charge in [-0.2, -0.15) is 0 Å². The van der Waals surface area contributed by atoms with Crippen molar-refractivity contribution in [3.8, 4) is 0 Å². The van der Waals surface area contributed by atoms with Crippen LogP contribution in [0.2, 0.25) is 0 Å². The third kappa shape index (κ3) is 1.60. The Balaban J connectivity index is 2.98. The number of hydrogen-bond donors (Lipinski definition) is 1. The molecule has 1 heterocycles. The highest BCUT2D eigenvalue weighted by Gasteiger charge is 2.23. The van der Waals surface area contributed by atoms with E-state index in [1.807, 2.05) is 13.8 Å². The summed E-state index contributed by atoms with van der Waals surface area (Å²) in [4.78, 5) is 11.3. The van der Waals surface area contributed by atoms with Crippen LogP contribution in [0.15, 0.2) is 18.2 Å². The quantitative estimate of drug-likeness (QED) is 0.868. The topological polar surface area (TPSA) is 42.2 Å². The number of benzene rings is 1. The Labute approximate surface area is 98.5 Å². The molecule has 0 radical (unpaired) electrons. The van der Waals surface area contributed by atoms with Crippen LogP contribution < -0.4 is 0 Å². The maximum atomic E-state index is 13.8. The van der Waals surface area contributed by atoms with E-state index in [1.54, 1.807) is 19.2 Å². The van der Waals surface area contributed by atoms with Gasteiger partial charge in [0.2, 0.25) is 0 Å². The lowest BCUT2D eigenvalue weighted by atomic mass is 9.99. The number of aryl methyl sites for hydroxylation is 1. The number of aromatic carboxylic acids is 1. The molecule has 0 saturated heterocycles. The third-order valence-corrected chi connectivity index (χ3v) is 2.98. The summed E-state index contributed by atoms with van der Waals surface area (Å²) in [5.41, 5.74) is 1.21.